The van der Waals surface area contributed by atoms with Crippen molar-refractivity contribution in [1.29, 1.82) is 0 Å². The third kappa shape index (κ3) is 3.11. The quantitative estimate of drug-likeness (QED) is 0.770. The Kier molecular flexibility index (Phi) is 4.52. The summed E-state index contributed by atoms with van der Waals surface area (Å²) in [5.74, 6) is 0.913. The molecule has 0 radical (unpaired) electrons. The standard InChI is InChI=1S/C17H17N3O3S/c1-11-15(19-17(24-11)20-8-4-5-9-20)16(21)18-13-7-6-12(22-2)10-14(13)23-3/h4-10H,1-3H3,(H,18,21). The first kappa shape index (κ1) is 16.1. The number of thiazole rings is 1. The molecule has 0 aliphatic rings. The number of hydrogen-bond donors (Lipinski definition) is 1. The van der Waals surface area contributed by atoms with Crippen molar-refractivity contribution in [3.05, 3.63) is 53.3 Å². The lowest BCUT2D eigenvalue weighted by molar-refractivity contribution is 0.102. The van der Waals surface area contributed by atoms with E-state index >= 15 is 0 Å². The van der Waals surface area contributed by atoms with Crippen LogP contribution in [0.3, 0.4) is 0 Å². The molecule has 6 nitrogen and oxygen atoms in total. The minimum Gasteiger partial charge on any atom is -0.497 e. The predicted molar refractivity (Wildman–Crippen MR) is 93.7 cm³/mol. The lowest BCUT2D eigenvalue weighted by Gasteiger charge is -2.11. The molecule has 2 aromatic heterocycles. The molecule has 1 amide bonds. The van der Waals surface area contributed by atoms with Crippen LogP contribution in [0.4, 0.5) is 5.69 Å². The van der Waals surface area contributed by atoms with Crippen molar-refractivity contribution in [2.24, 2.45) is 0 Å². The smallest absolute Gasteiger partial charge is 0.275 e. The summed E-state index contributed by atoms with van der Waals surface area (Å²) in [6.45, 7) is 1.88. The lowest BCUT2D eigenvalue weighted by atomic mass is 10.2. The van der Waals surface area contributed by atoms with E-state index in [9.17, 15) is 4.79 Å². The van der Waals surface area contributed by atoms with Crippen LogP contribution in [0.25, 0.3) is 5.13 Å². The number of nitrogens with one attached hydrogen (secondary N) is 1. The van der Waals surface area contributed by atoms with Crippen LogP contribution >= 0.6 is 11.3 Å². The molecule has 0 spiro atoms. The minimum absolute atomic E-state index is 0.273. The molecule has 0 saturated carbocycles. The summed E-state index contributed by atoms with van der Waals surface area (Å²) in [6, 6.07) is 9.05. The molecule has 0 saturated heterocycles. The van der Waals surface area contributed by atoms with Crippen molar-refractivity contribution in [2.45, 2.75) is 6.92 Å². The van der Waals surface area contributed by atoms with E-state index in [4.69, 9.17) is 9.47 Å². The van der Waals surface area contributed by atoms with Crippen LogP contribution in [0.5, 0.6) is 11.5 Å². The van der Waals surface area contributed by atoms with Gasteiger partial charge in [0.25, 0.3) is 5.91 Å². The molecule has 24 heavy (non-hydrogen) atoms. The highest BCUT2D eigenvalue weighted by Gasteiger charge is 2.18. The molecule has 0 aliphatic carbocycles. The van der Waals surface area contributed by atoms with E-state index in [0.29, 0.717) is 22.9 Å². The van der Waals surface area contributed by atoms with E-state index in [-0.39, 0.29) is 5.91 Å². The first-order valence-electron chi connectivity index (χ1n) is 7.26. The number of rotatable bonds is 5. The van der Waals surface area contributed by atoms with Crippen molar-refractivity contribution in [3.8, 4) is 16.6 Å². The number of carbonyl (C=O) groups is 1. The molecule has 3 aromatic rings. The Morgan fingerprint density at radius 2 is 1.96 bits per heavy atom. The maximum absolute atomic E-state index is 12.6. The fraction of sp³-hybridized carbons (Fsp3) is 0.176. The van der Waals surface area contributed by atoms with Crippen LogP contribution in [0.15, 0.2) is 42.7 Å². The Morgan fingerprint density at radius 3 is 2.62 bits per heavy atom. The monoisotopic (exact) mass is 343 g/mol. The van der Waals surface area contributed by atoms with Gasteiger partial charge in [0.05, 0.1) is 19.9 Å². The highest BCUT2D eigenvalue weighted by molar-refractivity contribution is 7.14. The summed E-state index contributed by atoms with van der Waals surface area (Å²) >= 11 is 1.47. The van der Waals surface area contributed by atoms with Crippen LogP contribution in [0, 0.1) is 6.92 Å². The average molecular weight is 343 g/mol. The molecule has 3 rings (SSSR count). The Bertz CT molecular complexity index is 856. The van der Waals surface area contributed by atoms with Gasteiger partial charge in [-0.1, -0.05) is 0 Å². The molecule has 0 bridgehead atoms. The van der Waals surface area contributed by atoms with E-state index < -0.39 is 0 Å². The van der Waals surface area contributed by atoms with Gasteiger partial charge in [-0.05, 0) is 31.2 Å². The molecular formula is C17H17N3O3S. The van der Waals surface area contributed by atoms with Crippen LogP contribution in [0.2, 0.25) is 0 Å². The molecule has 1 aromatic carbocycles. The van der Waals surface area contributed by atoms with Gasteiger partial charge in [-0.2, -0.15) is 0 Å². The van der Waals surface area contributed by atoms with Crippen LogP contribution in [-0.4, -0.2) is 29.7 Å². The fourth-order valence-electron chi connectivity index (χ4n) is 2.25. The second-order valence-corrected chi connectivity index (χ2v) is 6.19. The van der Waals surface area contributed by atoms with E-state index in [1.165, 1.54) is 11.3 Å². The third-order valence-corrected chi connectivity index (χ3v) is 4.47. The Labute approximate surface area is 143 Å². The number of amides is 1. The molecule has 7 heteroatoms. The van der Waals surface area contributed by atoms with Crippen molar-refractivity contribution in [3.63, 3.8) is 0 Å². The maximum atomic E-state index is 12.6. The van der Waals surface area contributed by atoms with E-state index in [1.807, 2.05) is 36.0 Å². The second-order valence-electron chi connectivity index (χ2n) is 5.01. The normalized spacial score (nSPS) is 10.5. The number of ether oxygens (including phenoxy) is 2. The third-order valence-electron chi connectivity index (χ3n) is 3.48. The van der Waals surface area contributed by atoms with Gasteiger partial charge < -0.3 is 19.4 Å². The second kappa shape index (κ2) is 6.76. The van der Waals surface area contributed by atoms with Crippen LogP contribution < -0.4 is 14.8 Å². The summed E-state index contributed by atoms with van der Waals surface area (Å²) in [5.41, 5.74) is 0.972. The Balaban J connectivity index is 1.85. The van der Waals surface area contributed by atoms with Crippen LogP contribution in [0.1, 0.15) is 15.4 Å². The molecule has 124 valence electrons. The summed E-state index contributed by atoms with van der Waals surface area (Å²) in [6.07, 6.45) is 3.79. The SMILES string of the molecule is COc1ccc(NC(=O)c2nc(-n3cccc3)sc2C)c(OC)c1. The van der Waals surface area contributed by atoms with Gasteiger partial charge in [0.1, 0.15) is 17.2 Å². The van der Waals surface area contributed by atoms with Gasteiger partial charge in [-0.15, -0.1) is 11.3 Å². The number of benzene rings is 1. The molecule has 1 N–H and O–H groups in total. The largest absolute Gasteiger partial charge is 0.497 e. The fourth-order valence-corrected chi connectivity index (χ4v) is 3.12. The first-order valence-corrected chi connectivity index (χ1v) is 8.08. The highest BCUT2D eigenvalue weighted by atomic mass is 32.1. The summed E-state index contributed by atoms with van der Waals surface area (Å²) in [5, 5.41) is 3.60. The Morgan fingerprint density at radius 1 is 1.21 bits per heavy atom. The van der Waals surface area contributed by atoms with Gasteiger partial charge in [-0.25, -0.2) is 4.98 Å². The van der Waals surface area contributed by atoms with Crippen molar-refractivity contribution >= 4 is 22.9 Å². The van der Waals surface area contributed by atoms with Crippen molar-refractivity contribution in [1.82, 2.24) is 9.55 Å². The van der Waals surface area contributed by atoms with Crippen LogP contribution in [-0.2, 0) is 0 Å². The van der Waals surface area contributed by atoms with E-state index in [0.717, 1.165) is 10.0 Å². The van der Waals surface area contributed by atoms with Crippen molar-refractivity contribution < 1.29 is 14.3 Å². The zero-order valence-electron chi connectivity index (χ0n) is 13.6. The lowest BCUT2D eigenvalue weighted by Crippen LogP contribution is -2.14. The molecule has 0 unspecified atom stereocenters. The van der Waals surface area contributed by atoms with Gasteiger partial charge in [0, 0.05) is 23.3 Å². The van der Waals surface area contributed by atoms with Crippen molar-refractivity contribution in [2.75, 3.05) is 19.5 Å². The number of methoxy groups -OCH3 is 2. The minimum atomic E-state index is -0.273. The Hall–Kier alpha value is -2.80. The first-order chi connectivity index (χ1) is 11.6. The number of hydrogen-bond acceptors (Lipinski definition) is 5. The number of anilines is 1. The van der Waals surface area contributed by atoms with Gasteiger partial charge >= 0.3 is 0 Å². The number of aryl methyl sites for hydroxylation is 1. The predicted octanol–water partition coefficient (Wildman–Crippen LogP) is 3.51. The number of nitrogens with zero attached hydrogens (tertiary/aromatic N) is 2. The topological polar surface area (TPSA) is 65.4 Å². The zero-order chi connectivity index (χ0) is 17.1. The molecule has 0 fully saturated rings. The molecule has 0 aliphatic heterocycles. The van der Waals surface area contributed by atoms with Gasteiger partial charge in [0.15, 0.2) is 5.13 Å². The highest BCUT2D eigenvalue weighted by Crippen LogP contribution is 2.30. The van der Waals surface area contributed by atoms with Gasteiger partial charge in [-0.3, -0.25) is 4.79 Å². The number of aromatic nitrogens is 2. The van der Waals surface area contributed by atoms with E-state index in [2.05, 4.69) is 10.3 Å². The molecule has 2 heterocycles. The summed E-state index contributed by atoms with van der Waals surface area (Å²) in [7, 11) is 3.12. The van der Waals surface area contributed by atoms with Gasteiger partial charge in [0.2, 0.25) is 0 Å². The maximum Gasteiger partial charge on any atom is 0.275 e. The van der Waals surface area contributed by atoms with E-state index in [1.54, 1.807) is 32.4 Å². The average Bonchev–Trinajstić information content (AvgIpc) is 3.24. The number of carbonyl (C=O) groups excluding carboxylic acids is 1. The summed E-state index contributed by atoms with van der Waals surface area (Å²) < 4.78 is 12.3. The summed E-state index contributed by atoms with van der Waals surface area (Å²) in [4.78, 5) is 17.9. The molecular weight excluding hydrogens is 326 g/mol. The zero-order valence-corrected chi connectivity index (χ0v) is 14.4. The molecule has 0 atom stereocenters.